The molecule has 0 saturated heterocycles. The Balaban J connectivity index is 1.45. The zero-order chi connectivity index (χ0) is 28.5. The van der Waals surface area contributed by atoms with E-state index in [1.807, 2.05) is 67.8 Å². The summed E-state index contributed by atoms with van der Waals surface area (Å²) in [6, 6.07) is 19.6. The van der Waals surface area contributed by atoms with Crippen LogP contribution in [0.3, 0.4) is 0 Å². The number of carbonyl (C=O) groups is 1. The molecule has 0 bridgehead atoms. The predicted molar refractivity (Wildman–Crippen MR) is 156 cm³/mol. The molecule has 11 nitrogen and oxygen atoms in total. The van der Waals surface area contributed by atoms with Gasteiger partial charge in [-0.1, -0.05) is 36.3 Å². The number of nitrogens with two attached hydrogens (primary N) is 1. The molecule has 0 unspecified atom stereocenters. The number of para-hydroxylation sites is 1. The molecule has 0 radical (unpaired) electrons. The molecule has 0 aliphatic heterocycles. The normalized spacial score (nSPS) is 11.7. The summed E-state index contributed by atoms with van der Waals surface area (Å²) in [5.41, 5.74) is 11.8. The van der Waals surface area contributed by atoms with Gasteiger partial charge < -0.3 is 11.1 Å². The van der Waals surface area contributed by atoms with Crippen LogP contribution in [0.25, 0.3) is 16.4 Å². The first-order valence-corrected chi connectivity index (χ1v) is 12.8. The lowest BCUT2D eigenvalue weighted by molar-refractivity contribution is 0.0941. The lowest BCUT2D eigenvalue weighted by atomic mass is 10.0. The molecule has 0 fully saturated rings. The Morgan fingerprint density at radius 3 is 2.61 bits per heavy atom. The quantitative estimate of drug-likeness (QED) is 0.284. The van der Waals surface area contributed by atoms with Crippen molar-refractivity contribution < 1.29 is 4.79 Å². The molecular formula is C30H25N9O2. The van der Waals surface area contributed by atoms with E-state index in [4.69, 9.17) is 5.73 Å². The first kappa shape index (κ1) is 25.4. The Morgan fingerprint density at radius 1 is 1.00 bits per heavy atom. The Labute approximate surface area is 234 Å². The largest absolute Gasteiger partial charge is 0.381 e. The van der Waals surface area contributed by atoms with E-state index in [0.717, 1.165) is 0 Å². The Bertz CT molecular complexity index is 2050. The first-order chi connectivity index (χ1) is 19.9. The molecule has 41 heavy (non-hydrogen) atoms. The van der Waals surface area contributed by atoms with Crippen LogP contribution in [0.4, 0.5) is 11.5 Å². The summed E-state index contributed by atoms with van der Waals surface area (Å²) in [5, 5.41) is 12.6. The highest BCUT2D eigenvalue weighted by molar-refractivity contribution is 6.04. The summed E-state index contributed by atoms with van der Waals surface area (Å²) in [5.74, 6) is 5.74. The van der Waals surface area contributed by atoms with Gasteiger partial charge in [0.05, 0.1) is 22.8 Å². The minimum atomic E-state index is -0.614. The standard InChI is InChI=1S/C30H25N9O2/c1-19(33-29(40)26-27(31)36-38-16-7-15-32-28(26)38)24-18-21-9-6-8-20(12-13-23-14-17-37(2)34-23)25(21)30(41)39(24)35-22-10-4-3-5-11-22/h3-11,14-19,35H,1-2H3,(H2,31,36)(H,33,40)/t19-/m0/s1. The van der Waals surface area contributed by atoms with Crippen molar-refractivity contribution in [3.63, 3.8) is 0 Å². The highest BCUT2D eigenvalue weighted by Crippen LogP contribution is 2.23. The Hall–Kier alpha value is -5.89. The average Bonchev–Trinajstić information content (AvgIpc) is 3.55. The fraction of sp³-hybridized carbons (Fsp3) is 0.100. The topological polar surface area (TPSA) is 137 Å². The van der Waals surface area contributed by atoms with Crippen LogP contribution in [0.2, 0.25) is 0 Å². The van der Waals surface area contributed by atoms with Crippen molar-refractivity contribution in [2.24, 2.45) is 7.05 Å². The van der Waals surface area contributed by atoms with E-state index in [9.17, 15) is 9.59 Å². The number of anilines is 2. The molecule has 0 aliphatic rings. The fourth-order valence-electron chi connectivity index (χ4n) is 4.64. The summed E-state index contributed by atoms with van der Waals surface area (Å²) in [6.07, 6.45) is 5.04. The Kier molecular flexibility index (Phi) is 6.41. The third-order valence-electron chi connectivity index (χ3n) is 6.57. The van der Waals surface area contributed by atoms with Crippen LogP contribution in [0.15, 0.2) is 90.1 Å². The van der Waals surface area contributed by atoms with Crippen molar-refractivity contribution in [2.75, 3.05) is 11.2 Å². The number of aromatic nitrogens is 6. The monoisotopic (exact) mass is 543 g/mol. The zero-order valence-electron chi connectivity index (χ0n) is 22.2. The van der Waals surface area contributed by atoms with Crippen LogP contribution in [0.5, 0.6) is 0 Å². The van der Waals surface area contributed by atoms with Gasteiger partial charge in [-0.3, -0.25) is 19.7 Å². The maximum Gasteiger partial charge on any atom is 0.278 e. The molecule has 6 aromatic rings. The highest BCUT2D eigenvalue weighted by atomic mass is 16.2. The van der Waals surface area contributed by atoms with E-state index in [0.29, 0.717) is 39.1 Å². The van der Waals surface area contributed by atoms with Gasteiger partial charge in [0.2, 0.25) is 0 Å². The molecule has 1 atom stereocenters. The summed E-state index contributed by atoms with van der Waals surface area (Å²) < 4.78 is 4.56. The average molecular weight is 544 g/mol. The molecular weight excluding hydrogens is 518 g/mol. The third-order valence-corrected chi connectivity index (χ3v) is 6.57. The van der Waals surface area contributed by atoms with Crippen LogP contribution in [0, 0.1) is 11.8 Å². The number of pyridine rings is 1. The lowest BCUT2D eigenvalue weighted by Gasteiger charge is -2.22. The van der Waals surface area contributed by atoms with Gasteiger partial charge in [-0.2, -0.15) is 5.10 Å². The van der Waals surface area contributed by atoms with Gasteiger partial charge in [0.1, 0.15) is 11.3 Å². The van der Waals surface area contributed by atoms with Gasteiger partial charge in [-0.15, -0.1) is 5.10 Å². The summed E-state index contributed by atoms with van der Waals surface area (Å²) >= 11 is 0. The number of nitrogens with zero attached hydrogens (tertiary/aromatic N) is 6. The SMILES string of the molecule is C[C@H](NC(=O)c1c(N)nn2cccnc12)c1cc2cccc(C#Cc3ccn(C)n3)c2c(=O)n1Nc1ccccc1. The van der Waals surface area contributed by atoms with Crippen LogP contribution in [-0.2, 0) is 7.05 Å². The fourth-order valence-corrected chi connectivity index (χ4v) is 4.64. The van der Waals surface area contributed by atoms with Crippen molar-refractivity contribution in [2.45, 2.75) is 13.0 Å². The number of amides is 1. The zero-order valence-corrected chi connectivity index (χ0v) is 22.2. The van der Waals surface area contributed by atoms with Gasteiger partial charge in [0, 0.05) is 31.2 Å². The summed E-state index contributed by atoms with van der Waals surface area (Å²) in [6.45, 7) is 1.79. The number of nitrogens with one attached hydrogen (secondary N) is 2. The second-order valence-corrected chi connectivity index (χ2v) is 9.43. The molecule has 4 heterocycles. The molecule has 202 valence electrons. The van der Waals surface area contributed by atoms with Gasteiger partial charge in [-0.05, 0) is 54.6 Å². The second kappa shape index (κ2) is 10.3. The van der Waals surface area contributed by atoms with Crippen LogP contribution in [0.1, 0.15) is 40.3 Å². The molecule has 0 saturated carbocycles. The van der Waals surface area contributed by atoms with Gasteiger partial charge in [-0.25, -0.2) is 14.2 Å². The molecule has 1 amide bonds. The van der Waals surface area contributed by atoms with Gasteiger partial charge >= 0.3 is 0 Å². The molecule has 2 aromatic carbocycles. The molecule has 11 heteroatoms. The molecule has 0 spiro atoms. The number of hydrogen-bond donors (Lipinski definition) is 3. The molecule has 6 rings (SSSR count). The number of carbonyl (C=O) groups excluding carboxylic acids is 1. The Morgan fingerprint density at radius 2 is 1.83 bits per heavy atom. The van der Waals surface area contributed by atoms with E-state index in [1.54, 1.807) is 36.1 Å². The van der Waals surface area contributed by atoms with Crippen LogP contribution < -0.4 is 22.0 Å². The number of aryl methyl sites for hydroxylation is 1. The number of fused-ring (bicyclic) bond motifs is 2. The van der Waals surface area contributed by atoms with E-state index in [1.165, 1.54) is 9.19 Å². The third kappa shape index (κ3) is 4.86. The second-order valence-electron chi connectivity index (χ2n) is 9.43. The predicted octanol–water partition coefficient (Wildman–Crippen LogP) is 3.13. The van der Waals surface area contributed by atoms with Crippen molar-refractivity contribution in [3.05, 3.63) is 118 Å². The van der Waals surface area contributed by atoms with Crippen molar-refractivity contribution >= 4 is 33.8 Å². The van der Waals surface area contributed by atoms with Crippen LogP contribution in [-0.4, -0.2) is 35.0 Å². The molecule has 4 aromatic heterocycles. The van der Waals surface area contributed by atoms with E-state index >= 15 is 0 Å². The maximum absolute atomic E-state index is 14.1. The van der Waals surface area contributed by atoms with Gasteiger partial charge in [0.25, 0.3) is 11.5 Å². The number of nitrogen functional groups attached to an aromatic ring is 1. The van der Waals surface area contributed by atoms with Crippen molar-refractivity contribution in [1.82, 2.24) is 34.4 Å². The number of hydrogen-bond acceptors (Lipinski definition) is 7. The minimum absolute atomic E-state index is 0.0582. The molecule has 4 N–H and O–H groups in total. The van der Waals surface area contributed by atoms with Crippen LogP contribution >= 0.6 is 0 Å². The first-order valence-electron chi connectivity index (χ1n) is 12.8. The minimum Gasteiger partial charge on any atom is -0.381 e. The smallest absolute Gasteiger partial charge is 0.278 e. The summed E-state index contributed by atoms with van der Waals surface area (Å²) in [4.78, 5) is 31.8. The van der Waals surface area contributed by atoms with E-state index in [-0.39, 0.29) is 16.9 Å². The van der Waals surface area contributed by atoms with E-state index < -0.39 is 11.9 Å². The van der Waals surface area contributed by atoms with Crippen molar-refractivity contribution in [1.29, 1.82) is 0 Å². The van der Waals surface area contributed by atoms with Gasteiger partial charge in [0.15, 0.2) is 11.5 Å². The highest BCUT2D eigenvalue weighted by Gasteiger charge is 2.23. The summed E-state index contributed by atoms with van der Waals surface area (Å²) in [7, 11) is 1.82. The number of benzene rings is 2. The molecule has 0 aliphatic carbocycles. The maximum atomic E-state index is 14.1. The van der Waals surface area contributed by atoms with Crippen molar-refractivity contribution in [3.8, 4) is 11.8 Å². The lowest BCUT2D eigenvalue weighted by Crippen LogP contribution is -2.36. The van der Waals surface area contributed by atoms with E-state index in [2.05, 4.69) is 37.8 Å². The number of rotatable bonds is 5.